The minimum atomic E-state index is -0.300. The Kier molecular flexibility index (Phi) is 7.21. The Labute approximate surface area is 187 Å². The molecule has 0 bridgehead atoms. The highest BCUT2D eigenvalue weighted by molar-refractivity contribution is 7.10. The molecule has 0 saturated carbocycles. The van der Waals surface area contributed by atoms with Crippen molar-refractivity contribution in [2.75, 3.05) is 19.7 Å². The van der Waals surface area contributed by atoms with Gasteiger partial charge in [0.25, 0.3) is 5.91 Å². The highest BCUT2D eigenvalue weighted by Crippen LogP contribution is 2.29. The van der Waals surface area contributed by atoms with Crippen LogP contribution in [0.25, 0.3) is 0 Å². The van der Waals surface area contributed by atoms with Gasteiger partial charge in [0.2, 0.25) is 5.91 Å². The van der Waals surface area contributed by atoms with Crippen molar-refractivity contribution in [3.63, 3.8) is 0 Å². The standard InChI is InChI=1S/C23H30N4O3S/c1-2-17(24-23(29)19-14-18(25-26-19)21-10-7-13-31-21)16-8-3-4-9-20(16)30-15-22(28)27-11-5-6-12-27/h3-4,7-10,13,17-19,25-26H,2,5-6,11-12,14-15H2,1H3,(H,24,29). The van der Waals surface area contributed by atoms with Gasteiger partial charge in [-0.05, 0) is 43.2 Å². The maximum atomic E-state index is 12.9. The summed E-state index contributed by atoms with van der Waals surface area (Å²) in [7, 11) is 0. The topological polar surface area (TPSA) is 82.7 Å². The number of likely N-dealkylation sites (tertiary alicyclic amines) is 1. The van der Waals surface area contributed by atoms with Gasteiger partial charge >= 0.3 is 0 Å². The summed E-state index contributed by atoms with van der Waals surface area (Å²) in [6, 6.07) is 11.4. The number of hydrogen-bond donors (Lipinski definition) is 3. The van der Waals surface area contributed by atoms with Crippen LogP contribution in [0.1, 0.15) is 55.1 Å². The van der Waals surface area contributed by atoms with Crippen LogP contribution >= 0.6 is 11.3 Å². The van der Waals surface area contributed by atoms with Crippen LogP contribution < -0.4 is 20.9 Å². The minimum absolute atomic E-state index is 0.0187. The van der Waals surface area contributed by atoms with Gasteiger partial charge in [0, 0.05) is 23.5 Å². The Bertz CT molecular complexity index is 883. The molecule has 3 atom stereocenters. The Morgan fingerprint density at radius 1 is 1.19 bits per heavy atom. The summed E-state index contributed by atoms with van der Waals surface area (Å²) < 4.78 is 5.90. The van der Waals surface area contributed by atoms with E-state index in [9.17, 15) is 9.59 Å². The molecule has 3 heterocycles. The SMILES string of the molecule is CCC(NC(=O)C1CC(c2cccs2)NN1)c1ccccc1OCC(=O)N1CCCC1. The van der Waals surface area contributed by atoms with Gasteiger partial charge in [-0.25, -0.2) is 10.9 Å². The molecule has 0 spiro atoms. The number of hydrazine groups is 1. The number of ether oxygens (including phenoxy) is 1. The monoisotopic (exact) mass is 442 g/mol. The molecular weight excluding hydrogens is 412 g/mol. The second-order valence-electron chi connectivity index (χ2n) is 8.03. The Balaban J connectivity index is 1.37. The number of nitrogens with zero attached hydrogens (tertiary/aromatic N) is 1. The number of carbonyl (C=O) groups excluding carboxylic acids is 2. The molecule has 2 saturated heterocycles. The van der Waals surface area contributed by atoms with E-state index < -0.39 is 0 Å². The molecule has 2 amide bonds. The third-order valence-corrected chi connectivity index (χ3v) is 6.92. The molecule has 4 rings (SSSR count). The van der Waals surface area contributed by atoms with Crippen molar-refractivity contribution in [3.8, 4) is 5.75 Å². The van der Waals surface area contributed by atoms with E-state index in [0.29, 0.717) is 12.2 Å². The molecule has 2 fully saturated rings. The molecule has 7 nitrogen and oxygen atoms in total. The first kappa shape index (κ1) is 21.8. The molecule has 8 heteroatoms. The molecular formula is C23H30N4O3S. The highest BCUT2D eigenvalue weighted by Gasteiger charge is 2.32. The van der Waals surface area contributed by atoms with Gasteiger partial charge in [-0.2, -0.15) is 0 Å². The summed E-state index contributed by atoms with van der Waals surface area (Å²) >= 11 is 1.69. The molecule has 3 N–H and O–H groups in total. The van der Waals surface area contributed by atoms with Crippen LogP contribution in [0, 0.1) is 0 Å². The number of hydrogen-bond acceptors (Lipinski definition) is 6. The number of para-hydroxylation sites is 1. The smallest absolute Gasteiger partial charge is 0.260 e. The summed E-state index contributed by atoms with van der Waals surface area (Å²) in [5.74, 6) is 0.628. The lowest BCUT2D eigenvalue weighted by Crippen LogP contribution is -2.44. The quantitative estimate of drug-likeness (QED) is 0.586. The summed E-state index contributed by atoms with van der Waals surface area (Å²) in [6.45, 7) is 3.68. The maximum Gasteiger partial charge on any atom is 0.260 e. The fourth-order valence-corrected chi connectivity index (χ4v) is 4.96. The Morgan fingerprint density at radius 2 is 2.00 bits per heavy atom. The van der Waals surface area contributed by atoms with Gasteiger partial charge in [0.1, 0.15) is 11.8 Å². The number of nitrogens with one attached hydrogen (secondary N) is 3. The molecule has 0 aliphatic carbocycles. The number of carbonyl (C=O) groups is 2. The summed E-state index contributed by atoms with van der Waals surface area (Å²) in [5.41, 5.74) is 7.25. The molecule has 1 aromatic heterocycles. The number of rotatable bonds is 8. The lowest BCUT2D eigenvalue weighted by atomic mass is 10.0. The maximum absolute atomic E-state index is 12.9. The van der Waals surface area contributed by atoms with Crippen LogP contribution in [0.3, 0.4) is 0 Å². The van der Waals surface area contributed by atoms with Crippen molar-refractivity contribution in [1.29, 1.82) is 0 Å². The van der Waals surface area contributed by atoms with E-state index in [1.807, 2.05) is 47.5 Å². The lowest BCUT2D eigenvalue weighted by Gasteiger charge is -2.23. The Hall–Kier alpha value is -2.42. The van der Waals surface area contributed by atoms with E-state index in [1.165, 1.54) is 4.88 Å². The van der Waals surface area contributed by atoms with E-state index in [1.54, 1.807) is 11.3 Å². The third-order valence-electron chi connectivity index (χ3n) is 5.94. The van der Waals surface area contributed by atoms with Crippen molar-refractivity contribution in [2.45, 2.75) is 50.7 Å². The van der Waals surface area contributed by atoms with Crippen molar-refractivity contribution in [3.05, 3.63) is 52.2 Å². The normalized spacial score (nSPS) is 21.8. The average molecular weight is 443 g/mol. The van der Waals surface area contributed by atoms with Gasteiger partial charge in [-0.15, -0.1) is 11.3 Å². The molecule has 166 valence electrons. The highest BCUT2D eigenvalue weighted by atomic mass is 32.1. The first-order valence-corrected chi connectivity index (χ1v) is 11.9. The van der Waals surface area contributed by atoms with E-state index in [2.05, 4.69) is 22.2 Å². The van der Waals surface area contributed by atoms with E-state index in [4.69, 9.17) is 4.74 Å². The van der Waals surface area contributed by atoms with E-state index >= 15 is 0 Å². The van der Waals surface area contributed by atoms with Crippen LogP contribution in [0.5, 0.6) is 5.75 Å². The average Bonchev–Trinajstić information content (AvgIpc) is 3.57. The molecule has 2 aromatic rings. The Morgan fingerprint density at radius 3 is 2.74 bits per heavy atom. The second kappa shape index (κ2) is 10.3. The van der Waals surface area contributed by atoms with E-state index in [0.717, 1.165) is 37.9 Å². The van der Waals surface area contributed by atoms with Crippen LogP contribution in [0.4, 0.5) is 0 Å². The summed E-state index contributed by atoms with van der Waals surface area (Å²) in [4.78, 5) is 28.4. The van der Waals surface area contributed by atoms with Crippen molar-refractivity contribution in [2.24, 2.45) is 0 Å². The van der Waals surface area contributed by atoms with E-state index in [-0.39, 0.29) is 36.5 Å². The van der Waals surface area contributed by atoms with Gasteiger partial charge < -0.3 is 15.0 Å². The van der Waals surface area contributed by atoms with Crippen LogP contribution in [-0.4, -0.2) is 42.5 Å². The van der Waals surface area contributed by atoms with Crippen LogP contribution in [0.2, 0.25) is 0 Å². The largest absolute Gasteiger partial charge is 0.483 e. The fraction of sp³-hybridized carbons (Fsp3) is 0.478. The third kappa shape index (κ3) is 5.26. The minimum Gasteiger partial charge on any atom is -0.483 e. The zero-order chi connectivity index (χ0) is 21.6. The first-order valence-electron chi connectivity index (χ1n) is 11.0. The molecule has 0 radical (unpaired) electrons. The van der Waals surface area contributed by atoms with Crippen molar-refractivity contribution >= 4 is 23.2 Å². The molecule has 2 aliphatic rings. The fourth-order valence-electron chi connectivity index (χ4n) is 4.17. The summed E-state index contributed by atoms with van der Waals surface area (Å²) in [6.07, 6.45) is 3.54. The van der Waals surface area contributed by atoms with Crippen molar-refractivity contribution < 1.29 is 14.3 Å². The van der Waals surface area contributed by atoms with Crippen LogP contribution in [-0.2, 0) is 9.59 Å². The van der Waals surface area contributed by atoms with Gasteiger partial charge in [-0.3, -0.25) is 9.59 Å². The lowest BCUT2D eigenvalue weighted by molar-refractivity contribution is -0.132. The first-order chi connectivity index (χ1) is 15.2. The predicted molar refractivity (Wildman–Crippen MR) is 121 cm³/mol. The second-order valence-corrected chi connectivity index (χ2v) is 9.01. The number of thiophene rings is 1. The van der Waals surface area contributed by atoms with Crippen LogP contribution in [0.15, 0.2) is 41.8 Å². The molecule has 1 aromatic carbocycles. The van der Waals surface area contributed by atoms with Gasteiger partial charge in [-0.1, -0.05) is 31.2 Å². The molecule has 31 heavy (non-hydrogen) atoms. The van der Waals surface area contributed by atoms with Gasteiger partial charge in [0.05, 0.1) is 12.1 Å². The number of amides is 2. The molecule has 3 unspecified atom stereocenters. The number of benzene rings is 1. The summed E-state index contributed by atoms with van der Waals surface area (Å²) in [5, 5.41) is 5.21. The van der Waals surface area contributed by atoms with Crippen molar-refractivity contribution in [1.82, 2.24) is 21.1 Å². The van der Waals surface area contributed by atoms with Gasteiger partial charge in [0.15, 0.2) is 6.61 Å². The predicted octanol–water partition coefficient (Wildman–Crippen LogP) is 2.92. The zero-order valence-electron chi connectivity index (χ0n) is 17.8. The zero-order valence-corrected chi connectivity index (χ0v) is 18.6. The molecule has 2 aliphatic heterocycles.